The lowest BCUT2D eigenvalue weighted by atomic mass is 10.1. The number of benzene rings is 1. The summed E-state index contributed by atoms with van der Waals surface area (Å²) in [5, 5.41) is 5.78. The Labute approximate surface area is 178 Å². The highest BCUT2D eigenvalue weighted by atomic mass is 32.2. The third-order valence-corrected chi connectivity index (χ3v) is 5.66. The van der Waals surface area contributed by atoms with Gasteiger partial charge in [-0.1, -0.05) is 35.1 Å². The number of para-hydroxylation sites is 1. The van der Waals surface area contributed by atoms with E-state index in [0.717, 1.165) is 55.6 Å². The maximum absolute atomic E-state index is 5.13. The van der Waals surface area contributed by atoms with Crippen molar-refractivity contribution in [2.45, 2.75) is 19.0 Å². The summed E-state index contributed by atoms with van der Waals surface area (Å²) in [4.78, 5) is 14.2. The highest BCUT2D eigenvalue weighted by molar-refractivity contribution is 7.98. The van der Waals surface area contributed by atoms with E-state index in [2.05, 4.69) is 39.1 Å². The Morgan fingerprint density at radius 3 is 2.53 bits per heavy atom. The molecule has 0 aliphatic carbocycles. The minimum atomic E-state index is 0.751. The van der Waals surface area contributed by atoms with E-state index in [0.29, 0.717) is 0 Å². The summed E-state index contributed by atoms with van der Waals surface area (Å²) in [5.41, 5.74) is 7.41. The molecule has 0 aliphatic heterocycles. The van der Waals surface area contributed by atoms with Crippen LogP contribution in [0.4, 0.5) is 0 Å². The van der Waals surface area contributed by atoms with Crippen LogP contribution in [-0.2, 0) is 0 Å². The third-order valence-electron chi connectivity index (χ3n) is 5.10. The van der Waals surface area contributed by atoms with E-state index in [9.17, 15) is 0 Å². The molecule has 0 bridgehead atoms. The molecule has 1 aromatic carbocycles. The smallest absolute Gasteiger partial charge is 0.187 e. The van der Waals surface area contributed by atoms with Crippen molar-refractivity contribution in [1.29, 1.82) is 0 Å². The van der Waals surface area contributed by atoms with Crippen molar-refractivity contribution in [3.8, 4) is 28.2 Å². The maximum atomic E-state index is 5.13. The van der Waals surface area contributed by atoms with Gasteiger partial charge < -0.3 is 9.09 Å². The molecule has 0 fully saturated rings. The van der Waals surface area contributed by atoms with E-state index in [-0.39, 0.29) is 0 Å². The zero-order valence-electron chi connectivity index (χ0n) is 16.8. The predicted octanol–water partition coefficient (Wildman–Crippen LogP) is 5.48. The number of aromatic nitrogens is 5. The fourth-order valence-electron chi connectivity index (χ4n) is 3.56. The Morgan fingerprint density at radius 1 is 0.967 bits per heavy atom. The van der Waals surface area contributed by atoms with Gasteiger partial charge in [0.25, 0.3) is 0 Å². The molecule has 0 atom stereocenters. The van der Waals surface area contributed by atoms with Crippen LogP contribution in [0, 0.1) is 13.8 Å². The van der Waals surface area contributed by atoms with Gasteiger partial charge in [0.1, 0.15) is 11.9 Å². The Balaban J connectivity index is 1.80. The monoisotopic (exact) mass is 413 g/mol. The van der Waals surface area contributed by atoms with Crippen molar-refractivity contribution in [3.63, 3.8) is 0 Å². The molecule has 0 amide bonds. The van der Waals surface area contributed by atoms with Crippen molar-refractivity contribution >= 4 is 22.8 Å². The normalized spacial score (nSPS) is 11.3. The Morgan fingerprint density at radius 2 is 1.80 bits per heavy atom. The van der Waals surface area contributed by atoms with Crippen LogP contribution in [-0.4, -0.2) is 30.9 Å². The highest BCUT2D eigenvalue weighted by Gasteiger charge is 2.18. The molecule has 148 valence electrons. The zero-order valence-corrected chi connectivity index (χ0v) is 17.6. The molecular formula is C23H19N5OS. The molecular weight excluding hydrogens is 394 g/mol. The van der Waals surface area contributed by atoms with Crippen molar-refractivity contribution in [2.75, 3.05) is 6.26 Å². The van der Waals surface area contributed by atoms with E-state index in [1.807, 2.05) is 50.6 Å². The molecule has 4 aromatic heterocycles. The van der Waals surface area contributed by atoms with Crippen molar-refractivity contribution < 1.29 is 4.52 Å². The molecule has 0 radical (unpaired) electrons. The molecule has 0 saturated heterocycles. The fraction of sp³-hybridized carbons (Fsp3) is 0.130. The predicted molar refractivity (Wildman–Crippen MR) is 119 cm³/mol. The summed E-state index contributed by atoms with van der Waals surface area (Å²) >= 11 is 1.54. The van der Waals surface area contributed by atoms with Gasteiger partial charge in [-0.25, -0.2) is 15.0 Å². The van der Waals surface area contributed by atoms with Crippen molar-refractivity contribution in [3.05, 3.63) is 72.4 Å². The molecule has 0 spiro atoms. The lowest BCUT2D eigenvalue weighted by molar-refractivity contribution is 0.415. The second-order valence-corrected chi connectivity index (χ2v) is 7.79. The minimum absolute atomic E-state index is 0.751. The molecule has 5 aromatic rings. The van der Waals surface area contributed by atoms with Crippen LogP contribution in [0.2, 0.25) is 0 Å². The van der Waals surface area contributed by atoms with Crippen LogP contribution in [0.3, 0.4) is 0 Å². The van der Waals surface area contributed by atoms with Crippen molar-refractivity contribution in [2.24, 2.45) is 0 Å². The molecule has 6 nitrogen and oxygen atoms in total. The van der Waals surface area contributed by atoms with Gasteiger partial charge in [0, 0.05) is 29.0 Å². The second kappa shape index (κ2) is 7.42. The van der Waals surface area contributed by atoms with Gasteiger partial charge in [-0.15, -0.1) is 0 Å². The van der Waals surface area contributed by atoms with Crippen LogP contribution in [0.15, 0.2) is 70.8 Å². The quantitative estimate of drug-likeness (QED) is 0.287. The molecule has 0 saturated carbocycles. The number of thioether (sulfide) groups is 1. The summed E-state index contributed by atoms with van der Waals surface area (Å²) in [7, 11) is 0. The Bertz CT molecular complexity index is 1360. The summed E-state index contributed by atoms with van der Waals surface area (Å²) < 4.78 is 7.23. The summed E-state index contributed by atoms with van der Waals surface area (Å²) in [6, 6.07) is 14.3. The van der Waals surface area contributed by atoms with E-state index < -0.39 is 0 Å². The van der Waals surface area contributed by atoms with Gasteiger partial charge in [-0.2, -0.15) is 0 Å². The molecule has 5 rings (SSSR count). The average Bonchev–Trinajstić information content (AvgIpc) is 3.38. The average molecular weight is 414 g/mol. The molecule has 0 aliphatic rings. The largest absolute Gasteiger partial charge is 0.364 e. The number of nitrogens with zero attached hydrogens (tertiary/aromatic N) is 5. The highest BCUT2D eigenvalue weighted by Crippen LogP contribution is 2.34. The molecule has 4 heterocycles. The second-order valence-electron chi connectivity index (χ2n) is 7.02. The fourth-order valence-corrected chi connectivity index (χ4v) is 3.90. The lowest BCUT2D eigenvalue weighted by Gasteiger charge is -2.05. The Hall–Kier alpha value is -3.45. The van der Waals surface area contributed by atoms with Crippen LogP contribution in [0.1, 0.15) is 11.3 Å². The maximum Gasteiger partial charge on any atom is 0.187 e. The topological polar surface area (TPSA) is 69.6 Å². The third kappa shape index (κ3) is 3.07. The lowest BCUT2D eigenvalue weighted by Crippen LogP contribution is -1.94. The Kier molecular flexibility index (Phi) is 4.59. The number of hydrogen-bond donors (Lipinski definition) is 0. The van der Waals surface area contributed by atoms with Gasteiger partial charge in [0.2, 0.25) is 0 Å². The summed E-state index contributed by atoms with van der Waals surface area (Å²) in [6.45, 7) is 3.95. The minimum Gasteiger partial charge on any atom is -0.364 e. The first-order valence-electron chi connectivity index (χ1n) is 9.52. The zero-order chi connectivity index (χ0) is 20.7. The summed E-state index contributed by atoms with van der Waals surface area (Å²) in [6.07, 6.45) is 7.61. The van der Waals surface area contributed by atoms with E-state index in [1.165, 1.54) is 11.8 Å². The van der Waals surface area contributed by atoms with E-state index >= 15 is 0 Å². The van der Waals surface area contributed by atoms with Crippen LogP contribution < -0.4 is 0 Å². The molecule has 0 unspecified atom stereocenters. The first-order chi connectivity index (χ1) is 14.7. The summed E-state index contributed by atoms with van der Waals surface area (Å²) in [5.74, 6) is 0. The van der Waals surface area contributed by atoms with Gasteiger partial charge in [0.15, 0.2) is 5.16 Å². The number of hydrogen-bond acceptors (Lipinski definition) is 6. The number of rotatable bonds is 4. The van der Waals surface area contributed by atoms with E-state index in [4.69, 9.17) is 14.5 Å². The number of pyridine rings is 1. The molecule has 30 heavy (non-hydrogen) atoms. The van der Waals surface area contributed by atoms with Gasteiger partial charge in [-0.05, 0) is 49.9 Å². The van der Waals surface area contributed by atoms with Crippen LogP contribution in [0.5, 0.6) is 0 Å². The van der Waals surface area contributed by atoms with Crippen molar-refractivity contribution in [1.82, 2.24) is 24.7 Å². The first kappa shape index (κ1) is 18.6. The standard InChI is InChI=1S/C23H19N5OS/c1-14-11-24-23(30-3)26-21(14)18-12-28(16-7-5-4-6-8-16)22-17(18)9-10-20(25-22)19-13-29-27-15(19)2/h4-13H,1-3H3. The van der Waals surface area contributed by atoms with Crippen LogP contribution >= 0.6 is 11.8 Å². The van der Waals surface area contributed by atoms with Gasteiger partial charge in [0.05, 0.1) is 22.6 Å². The first-order valence-corrected chi connectivity index (χ1v) is 10.7. The molecule has 7 heteroatoms. The SMILES string of the molecule is CSc1ncc(C)c(-c2cn(-c3ccccc3)c3nc(-c4conc4C)ccc23)n1. The number of aryl methyl sites for hydroxylation is 2. The number of fused-ring (bicyclic) bond motifs is 1. The van der Waals surface area contributed by atoms with Gasteiger partial charge >= 0.3 is 0 Å². The van der Waals surface area contributed by atoms with Gasteiger partial charge in [-0.3, -0.25) is 0 Å². The van der Waals surface area contributed by atoms with Crippen LogP contribution in [0.25, 0.3) is 39.2 Å². The molecule has 0 N–H and O–H groups in total. The van der Waals surface area contributed by atoms with E-state index in [1.54, 1.807) is 6.26 Å².